The number of pyridine rings is 1. The summed E-state index contributed by atoms with van der Waals surface area (Å²) < 4.78 is 6.61. The molecule has 0 radical (unpaired) electrons. The molecule has 4 heterocycles. The number of hydrogen-bond acceptors (Lipinski definition) is 6. The van der Waals surface area contributed by atoms with Crippen LogP contribution in [0.2, 0.25) is 0 Å². The van der Waals surface area contributed by atoms with Gasteiger partial charge in [0.25, 0.3) is 5.91 Å². The van der Waals surface area contributed by atoms with Gasteiger partial charge in [-0.1, -0.05) is 24.3 Å². The number of ether oxygens (including phenoxy) is 1. The summed E-state index contributed by atoms with van der Waals surface area (Å²) in [6.07, 6.45) is 2.68. The number of hydrogen-bond donors (Lipinski definition) is 1. The van der Waals surface area contributed by atoms with Gasteiger partial charge < -0.3 is 10.1 Å². The Hall–Kier alpha value is -2.61. The second-order valence-corrected chi connectivity index (χ2v) is 9.07. The molecule has 0 bridgehead atoms. The smallest absolute Gasteiger partial charge is 0.270 e. The molecule has 0 aliphatic carbocycles. The number of fused-ring (bicyclic) bond motifs is 1. The molecule has 0 unspecified atom stereocenters. The Kier molecular flexibility index (Phi) is 5.57. The first kappa shape index (κ1) is 19.4. The highest BCUT2D eigenvalue weighted by molar-refractivity contribution is 7.17. The molecule has 5 rings (SSSR count). The van der Waals surface area contributed by atoms with E-state index in [0.717, 1.165) is 52.9 Å². The molecule has 152 valence electrons. The molecule has 1 N–H and O–H groups in total. The third kappa shape index (κ3) is 4.14. The van der Waals surface area contributed by atoms with Gasteiger partial charge in [0.15, 0.2) is 0 Å². The number of thiophene rings is 1. The van der Waals surface area contributed by atoms with E-state index in [0.29, 0.717) is 12.3 Å². The number of aromatic nitrogens is 2. The SMILES string of the molecule is O=C(N[C@H]1CCCOC1)c1cc(Cc2ccc(-c3cscn3)cc2)c2sccc2n1. The molecule has 7 heteroatoms. The van der Waals surface area contributed by atoms with Gasteiger partial charge in [0, 0.05) is 17.6 Å². The van der Waals surface area contributed by atoms with Crippen LogP contribution < -0.4 is 5.32 Å². The van der Waals surface area contributed by atoms with Crippen molar-refractivity contribution >= 4 is 38.8 Å². The van der Waals surface area contributed by atoms with Gasteiger partial charge in [-0.3, -0.25) is 4.79 Å². The van der Waals surface area contributed by atoms with Crippen LogP contribution in [0.4, 0.5) is 0 Å². The molecule has 5 nitrogen and oxygen atoms in total. The summed E-state index contributed by atoms with van der Waals surface area (Å²) in [5, 5.41) is 7.16. The van der Waals surface area contributed by atoms with E-state index in [1.54, 1.807) is 22.7 Å². The molecule has 1 atom stereocenters. The van der Waals surface area contributed by atoms with Crippen LogP contribution in [0, 0.1) is 0 Å². The van der Waals surface area contributed by atoms with Crippen LogP contribution in [0.1, 0.15) is 34.5 Å². The fourth-order valence-corrected chi connectivity index (χ4v) is 5.16. The lowest BCUT2D eigenvalue weighted by Crippen LogP contribution is -2.40. The zero-order valence-electron chi connectivity index (χ0n) is 16.3. The van der Waals surface area contributed by atoms with Crippen LogP contribution in [-0.4, -0.2) is 35.1 Å². The molecule has 1 aliphatic heterocycles. The van der Waals surface area contributed by atoms with E-state index in [9.17, 15) is 4.79 Å². The van der Waals surface area contributed by atoms with Gasteiger partial charge in [-0.2, -0.15) is 0 Å². The first-order valence-electron chi connectivity index (χ1n) is 9.99. The molecule has 1 fully saturated rings. The first-order valence-corrected chi connectivity index (χ1v) is 11.8. The van der Waals surface area contributed by atoms with E-state index in [4.69, 9.17) is 4.74 Å². The summed E-state index contributed by atoms with van der Waals surface area (Å²) in [4.78, 5) is 21.8. The molecule has 1 aliphatic rings. The van der Waals surface area contributed by atoms with E-state index in [2.05, 4.69) is 44.9 Å². The van der Waals surface area contributed by atoms with E-state index >= 15 is 0 Å². The Bertz CT molecular complexity index is 1150. The zero-order valence-corrected chi connectivity index (χ0v) is 18.0. The van der Waals surface area contributed by atoms with Gasteiger partial charge in [0.1, 0.15) is 5.69 Å². The van der Waals surface area contributed by atoms with Crippen molar-refractivity contribution in [1.82, 2.24) is 15.3 Å². The number of amides is 1. The fourth-order valence-electron chi connectivity index (χ4n) is 3.75. The van der Waals surface area contributed by atoms with E-state index in [1.165, 1.54) is 5.56 Å². The minimum absolute atomic E-state index is 0.0629. The molecule has 0 spiro atoms. The molecular formula is C23H21N3O2S2. The van der Waals surface area contributed by atoms with E-state index < -0.39 is 0 Å². The van der Waals surface area contributed by atoms with Crippen molar-refractivity contribution in [3.05, 3.63) is 69.5 Å². The van der Waals surface area contributed by atoms with E-state index in [1.807, 2.05) is 23.0 Å². The topological polar surface area (TPSA) is 64.1 Å². The van der Waals surface area contributed by atoms with Crippen LogP contribution in [0.5, 0.6) is 0 Å². The quantitative estimate of drug-likeness (QED) is 0.483. The predicted molar refractivity (Wildman–Crippen MR) is 121 cm³/mol. The lowest BCUT2D eigenvalue weighted by Gasteiger charge is -2.23. The van der Waals surface area contributed by atoms with Gasteiger partial charge in [-0.15, -0.1) is 22.7 Å². The standard InChI is InChI=1S/C23H21N3O2S2/c27-23(25-18-2-1-8-28-12-18)20-11-17(22-19(26-20)7-9-30-22)10-15-3-5-16(6-4-15)21-13-29-14-24-21/h3-7,9,11,13-14,18H,1-2,8,10,12H2,(H,25,27)/t18-/m0/s1. The third-order valence-electron chi connectivity index (χ3n) is 5.29. The van der Waals surface area contributed by atoms with Crippen LogP contribution in [0.25, 0.3) is 21.5 Å². The minimum Gasteiger partial charge on any atom is -0.379 e. The maximum absolute atomic E-state index is 12.8. The lowest BCUT2D eigenvalue weighted by molar-refractivity contribution is 0.0622. The van der Waals surface area contributed by atoms with Gasteiger partial charge in [-0.05, 0) is 47.9 Å². The molecular weight excluding hydrogens is 414 g/mol. The van der Waals surface area contributed by atoms with Gasteiger partial charge in [0.05, 0.1) is 34.1 Å². The summed E-state index contributed by atoms with van der Waals surface area (Å²) >= 11 is 3.27. The monoisotopic (exact) mass is 435 g/mol. The summed E-state index contributed by atoms with van der Waals surface area (Å²) in [6.45, 7) is 1.35. The Morgan fingerprint density at radius 1 is 1.23 bits per heavy atom. The highest BCUT2D eigenvalue weighted by Gasteiger charge is 2.19. The Morgan fingerprint density at radius 3 is 2.90 bits per heavy atom. The number of nitrogens with one attached hydrogen (secondary N) is 1. The predicted octanol–water partition coefficient (Wildman–Crippen LogP) is 4.92. The molecule has 1 aromatic carbocycles. The number of thiazole rings is 1. The molecule has 30 heavy (non-hydrogen) atoms. The number of carbonyl (C=O) groups excluding carboxylic acids is 1. The lowest BCUT2D eigenvalue weighted by atomic mass is 10.0. The van der Waals surface area contributed by atoms with Crippen molar-refractivity contribution in [2.45, 2.75) is 25.3 Å². The third-order valence-corrected chi connectivity index (χ3v) is 6.86. The van der Waals surface area contributed by atoms with Crippen LogP contribution >= 0.6 is 22.7 Å². The average molecular weight is 436 g/mol. The second-order valence-electron chi connectivity index (χ2n) is 7.44. The van der Waals surface area contributed by atoms with Gasteiger partial charge in [0.2, 0.25) is 0 Å². The van der Waals surface area contributed by atoms with Gasteiger partial charge >= 0.3 is 0 Å². The van der Waals surface area contributed by atoms with Crippen molar-refractivity contribution in [1.29, 1.82) is 0 Å². The Balaban J connectivity index is 1.39. The van der Waals surface area contributed by atoms with E-state index in [-0.39, 0.29) is 11.9 Å². The van der Waals surface area contributed by atoms with Crippen molar-refractivity contribution in [2.75, 3.05) is 13.2 Å². The summed E-state index contributed by atoms with van der Waals surface area (Å²) in [6, 6.07) is 12.5. The minimum atomic E-state index is -0.126. The van der Waals surface area contributed by atoms with Gasteiger partial charge in [-0.25, -0.2) is 9.97 Å². The molecule has 3 aromatic heterocycles. The second kappa shape index (κ2) is 8.63. The number of carbonyl (C=O) groups is 1. The number of nitrogens with zero attached hydrogens (tertiary/aromatic N) is 2. The number of rotatable bonds is 5. The van der Waals surface area contributed by atoms with Crippen LogP contribution in [0.15, 0.2) is 52.7 Å². The zero-order chi connectivity index (χ0) is 20.3. The van der Waals surface area contributed by atoms with Crippen molar-refractivity contribution in [2.24, 2.45) is 0 Å². The molecule has 0 saturated carbocycles. The van der Waals surface area contributed by atoms with Crippen molar-refractivity contribution in [3.63, 3.8) is 0 Å². The Morgan fingerprint density at radius 2 is 2.13 bits per heavy atom. The maximum atomic E-state index is 12.8. The first-order chi connectivity index (χ1) is 14.8. The largest absolute Gasteiger partial charge is 0.379 e. The average Bonchev–Trinajstić information content (AvgIpc) is 3.47. The van der Waals surface area contributed by atoms with Crippen molar-refractivity contribution in [3.8, 4) is 11.3 Å². The normalized spacial score (nSPS) is 16.6. The number of benzene rings is 1. The highest BCUT2D eigenvalue weighted by Crippen LogP contribution is 2.27. The molecule has 1 saturated heterocycles. The maximum Gasteiger partial charge on any atom is 0.270 e. The van der Waals surface area contributed by atoms with Crippen LogP contribution in [0.3, 0.4) is 0 Å². The summed E-state index contributed by atoms with van der Waals surface area (Å²) in [7, 11) is 0. The summed E-state index contributed by atoms with van der Waals surface area (Å²) in [5.41, 5.74) is 7.64. The highest BCUT2D eigenvalue weighted by atomic mass is 32.1. The van der Waals surface area contributed by atoms with Crippen molar-refractivity contribution < 1.29 is 9.53 Å². The fraction of sp³-hybridized carbons (Fsp3) is 0.261. The Labute approximate surface area is 182 Å². The molecule has 4 aromatic rings. The molecule has 1 amide bonds. The van der Waals surface area contributed by atoms with Crippen LogP contribution in [-0.2, 0) is 11.2 Å². The summed E-state index contributed by atoms with van der Waals surface area (Å²) in [5.74, 6) is -0.126.